The molecular formula is C18H17FN2O2. The van der Waals surface area contributed by atoms with E-state index in [1.165, 1.54) is 12.1 Å². The van der Waals surface area contributed by atoms with Crippen molar-refractivity contribution in [3.8, 4) is 5.75 Å². The van der Waals surface area contributed by atoms with Gasteiger partial charge in [-0.3, -0.25) is 4.79 Å². The molecule has 5 heteroatoms. The molecule has 0 unspecified atom stereocenters. The standard InChI is InChI=1S/C18H17FN2O2/c1-23-17-5-3-2-4-12(17)8-9-20-18(22)15-11-21-16-7-6-13(19)10-14(15)16/h2-7,10-11,21H,8-9H2,1H3,(H,20,22). The minimum Gasteiger partial charge on any atom is -0.496 e. The normalized spacial score (nSPS) is 10.7. The molecule has 3 aromatic rings. The Balaban J connectivity index is 1.68. The number of rotatable bonds is 5. The van der Waals surface area contributed by atoms with Crippen molar-refractivity contribution in [1.29, 1.82) is 0 Å². The molecule has 1 aromatic heterocycles. The van der Waals surface area contributed by atoms with Gasteiger partial charge in [-0.25, -0.2) is 4.39 Å². The van der Waals surface area contributed by atoms with Crippen molar-refractivity contribution in [3.05, 3.63) is 65.6 Å². The van der Waals surface area contributed by atoms with Crippen molar-refractivity contribution in [3.63, 3.8) is 0 Å². The van der Waals surface area contributed by atoms with E-state index in [1.54, 1.807) is 19.4 Å². The largest absolute Gasteiger partial charge is 0.496 e. The van der Waals surface area contributed by atoms with Gasteiger partial charge in [0.05, 0.1) is 12.7 Å². The molecule has 0 fully saturated rings. The Kier molecular flexibility index (Phi) is 4.28. The number of amides is 1. The topological polar surface area (TPSA) is 54.1 Å². The number of methoxy groups -OCH3 is 1. The summed E-state index contributed by atoms with van der Waals surface area (Å²) in [7, 11) is 1.62. The van der Waals surface area contributed by atoms with E-state index >= 15 is 0 Å². The highest BCUT2D eigenvalue weighted by atomic mass is 19.1. The summed E-state index contributed by atoms with van der Waals surface area (Å²) < 4.78 is 18.6. The van der Waals surface area contributed by atoms with E-state index in [2.05, 4.69) is 10.3 Å². The van der Waals surface area contributed by atoms with Gasteiger partial charge >= 0.3 is 0 Å². The molecule has 0 saturated carbocycles. The first-order valence-electron chi connectivity index (χ1n) is 7.36. The van der Waals surface area contributed by atoms with E-state index in [0.29, 0.717) is 23.9 Å². The Morgan fingerprint density at radius 1 is 1.26 bits per heavy atom. The maximum atomic E-state index is 13.4. The van der Waals surface area contributed by atoms with E-state index < -0.39 is 0 Å². The van der Waals surface area contributed by atoms with Crippen LogP contribution in [0.25, 0.3) is 10.9 Å². The van der Waals surface area contributed by atoms with Crippen molar-refractivity contribution >= 4 is 16.8 Å². The number of benzene rings is 2. The number of aromatic nitrogens is 1. The van der Waals surface area contributed by atoms with Crippen molar-refractivity contribution in [2.45, 2.75) is 6.42 Å². The molecular weight excluding hydrogens is 295 g/mol. The van der Waals surface area contributed by atoms with Gasteiger partial charge in [0.25, 0.3) is 5.91 Å². The highest BCUT2D eigenvalue weighted by molar-refractivity contribution is 6.06. The molecule has 2 aromatic carbocycles. The molecule has 0 aliphatic carbocycles. The highest BCUT2D eigenvalue weighted by Gasteiger charge is 2.12. The van der Waals surface area contributed by atoms with Gasteiger partial charge in [0.1, 0.15) is 11.6 Å². The van der Waals surface area contributed by atoms with E-state index in [1.807, 2.05) is 24.3 Å². The molecule has 2 N–H and O–H groups in total. The number of hydrogen-bond acceptors (Lipinski definition) is 2. The number of aromatic amines is 1. The van der Waals surface area contributed by atoms with E-state index in [0.717, 1.165) is 16.8 Å². The predicted octanol–water partition coefficient (Wildman–Crippen LogP) is 3.29. The van der Waals surface area contributed by atoms with Crippen LogP contribution in [0.1, 0.15) is 15.9 Å². The number of H-pyrrole nitrogens is 1. The highest BCUT2D eigenvalue weighted by Crippen LogP contribution is 2.20. The fourth-order valence-corrected chi connectivity index (χ4v) is 2.60. The average molecular weight is 312 g/mol. The van der Waals surface area contributed by atoms with Crippen LogP contribution in [0.4, 0.5) is 4.39 Å². The molecule has 0 radical (unpaired) electrons. The number of carbonyl (C=O) groups is 1. The van der Waals surface area contributed by atoms with Crippen molar-refractivity contribution in [2.24, 2.45) is 0 Å². The molecule has 1 amide bonds. The van der Waals surface area contributed by atoms with Gasteiger partial charge in [-0.15, -0.1) is 0 Å². The lowest BCUT2D eigenvalue weighted by Gasteiger charge is -2.09. The molecule has 0 bridgehead atoms. The molecule has 4 nitrogen and oxygen atoms in total. The second kappa shape index (κ2) is 6.52. The van der Waals surface area contributed by atoms with Gasteiger partial charge < -0.3 is 15.0 Å². The number of halogens is 1. The third-order valence-electron chi connectivity index (χ3n) is 3.76. The first-order valence-corrected chi connectivity index (χ1v) is 7.36. The third kappa shape index (κ3) is 3.18. The Bertz CT molecular complexity index is 842. The molecule has 0 spiro atoms. The number of carbonyl (C=O) groups excluding carboxylic acids is 1. The summed E-state index contributed by atoms with van der Waals surface area (Å²) in [6.07, 6.45) is 2.26. The van der Waals surface area contributed by atoms with Crippen molar-refractivity contribution in [1.82, 2.24) is 10.3 Å². The lowest BCUT2D eigenvalue weighted by molar-refractivity contribution is 0.0955. The second-order valence-electron chi connectivity index (χ2n) is 5.21. The van der Waals surface area contributed by atoms with E-state index in [4.69, 9.17) is 4.74 Å². The Hall–Kier alpha value is -2.82. The van der Waals surface area contributed by atoms with E-state index in [-0.39, 0.29) is 11.7 Å². The summed E-state index contributed by atoms with van der Waals surface area (Å²) >= 11 is 0. The molecule has 0 atom stereocenters. The summed E-state index contributed by atoms with van der Waals surface area (Å²) in [6, 6.07) is 12.0. The summed E-state index contributed by atoms with van der Waals surface area (Å²) in [6.45, 7) is 0.473. The Labute approximate surface area is 133 Å². The minimum atomic E-state index is -0.361. The van der Waals surface area contributed by atoms with Crippen molar-refractivity contribution < 1.29 is 13.9 Å². The number of nitrogens with one attached hydrogen (secondary N) is 2. The van der Waals surface area contributed by atoms with Crippen molar-refractivity contribution in [2.75, 3.05) is 13.7 Å². The van der Waals surface area contributed by atoms with Crippen LogP contribution in [0.5, 0.6) is 5.75 Å². The van der Waals surface area contributed by atoms with Crippen LogP contribution in [0.2, 0.25) is 0 Å². The number of fused-ring (bicyclic) bond motifs is 1. The van der Waals surface area contributed by atoms with Gasteiger partial charge in [-0.1, -0.05) is 18.2 Å². The summed E-state index contributed by atoms with van der Waals surface area (Å²) in [5.74, 6) is 0.216. The SMILES string of the molecule is COc1ccccc1CCNC(=O)c1c[nH]c2ccc(F)cc12. The van der Waals surface area contributed by atoms with Gasteiger partial charge in [0, 0.05) is 23.6 Å². The van der Waals surface area contributed by atoms with Crippen LogP contribution in [0.3, 0.4) is 0 Å². The van der Waals surface area contributed by atoms with Crippen LogP contribution < -0.4 is 10.1 Å². The average Bonchev–Trinajstić information content (AvgIpc) is 2.98. The Morgan fingerprint density at radius 2 is 2.09 bits per heavy atom. The molecule has 23 heavy (non-hydrogen) atoms. The van der Waals surface area contributed by atoms with Crippen LogP contribution in [0, 0.1) is 5.82 Å². The van der Waals surface area contributed by atoms with Crippen LogP contribution in [-0.4, -0.2) is 24.5 Å². The smallest absolute Gasteiger partial charge is 0.253 e. The first-order chi connectivity index (χ1) is 11.2. The summed E-state index contributed by atoms with van der Waals surface area (Å²) in [4.78, 5) is 15.3. The zero-order chi connectivity index (χ0) is 16.2. The predicted molar refractivity (Wildman–Crippen MR) is 87.3 cm³/mol. The second-order valence-corrected chi connectivity index (χ2v) is 5.21. The van der Waals surface area contributed by atoms with Gasteiger partial charge in [0.2, 0.25) is 0 Å². The lowest BCUT2D eigenvalue weighted by Crippen LogP contribution is -2.25. The molecule has 0 aliphatic rings. The maximum absolute atomic E-state index is 13.4. The fourth-order valence-electron chi connectivity index (χ4n) is 2.60. The third-order valence-corrected chi connectivity index (χ3v) is 3.76. The molecule has 118 valence electrons. The molecule has 0 saturated heterocycles. The molecule has 3 rings (SSSR count). The van der Waals surface area contributed by atoms with Crippen LogP contribution in [-0.2, 0) is 6.42 Å². The zero-order valence-corrected chi connectivity index (χ0v) is 12.7. The number of para-hydroxylation sites is 1. The summed E-state index contributed by atoms with van der Waals surface area (Å²) in [5, 5.41) is 3.44. The number of ether oxygens (including phenoxy) is 1. The van der Waals surface area contributed by atoms with Gasteiger partial charge in [-0.05, 0) is 36.2 Å². The van der Waals surface area contributed by atoms with Gasteiger partial charge in [-0.2, -0.15) is 0 Å². The Morgan fingerprint density at radius 3 is 2.91 bits per heavy atom. The monoisotopic (exact) mass is 312 g/mol. The van der Waals surface area contributed by atoms with E-state index in [9.17, 15) is 9.18 Å². The summed E-state index contributed by atoms with van der Waals surface area (Å²) in [5.41, 5.74) is 2.21. The van der Waals surface area contributed by atoms with Gasteiger partial charge in [0.15, 0.2) is 0 Å². The molecule has 1 heterocycles. The first kappa shape index (κ1) is 15.1. The van der Waals surface area contributed by atoms with Crippen LogP contribution in [0.15, 0.2) is 48.7 Å². The number of hydrogen-bond donors (Lipinski definition) is 2. The zero-order valence-electron chi connectivity index (χ0n) is 12.7. The minimum absolute atomic E-state index is 0.225. The molecule has 0 aliphatic heterocycles. The lowest BCUT2D eigenvalue weighted by atomic mass is 10.1. The fraction of sp³-hybridized carbons (Fsp3) is 0.167. The maximum Gasteiger partial charge on any atom is 0.253 e. The quantitative estimate of drug-likeness (QED) is 0.759. The van der Waals surface area contributed by atoms with Crippen LogP contribution >= 0.6 is 0 Å².